The Balaban J connectivity index is 3.35. The molecule has 1 aromatic carbocycles. The zero-order valence-electron chi connectivity index (χ0n) is 10.7. The van der Waals surface area contributed by atoms with Crippen molar-refractivity contribution in [1.82, 2.24) is 0 Å². The summed E-state index contributed by atoms with van der Waals surface area (Å²) in [6.45, 7) is 7.91. The molecular weight excluding hydrogens is 200 g/mol. The van der Waals surface area contributed by atoms with E-state index in [1.54, 1.807) is 18.9 Å². The molecule has 16 heavy (non-hydrogen) atoms. The van der Waals surface area contributed by atoms with Gasteiger partial charge < -0.3 is 10.6 Å². The number of amides is 1. The summed E-state index contributed by atoms with van der Waals surface area (Å²) in [5.41, 5.74) is 8.45. The molecule has 3 heteroatoms. The summed E-state index contributed by atoms with van der Waals surface area (Å²) in [7, 11) is 1.77. The van der Waals surface area contributed by atoms with Crippen LogP contribution in [0.15, 0.2) is 18.2 Å². The fourth-order valence-corrected chi connectivity index (χ4v) is 1.63. The smallest absolute Gasteiger partial charge is 0.223 e. The maximum Gasteiger partial charge on any atom is 0.223 e. The molecule has 0 aromatic heterocycles. The van der Waals surface area contributed by atoms with Crippen molar-refractivity contribution in [3.63, 3.8) is 0 Å². The fraction of sp³-hybridized carbons (Fsp3) is 0.462. The number of rotatable bonds is 1. The standard InChI is InChI=1S/C13H20N2O/c1-9(16)15(5)12-8-10(14)6-7-11(12)13(2,3)4/h6-8H,14H2,1-5H3. The molecule has 0 bridgehead atoms. The van der Waals surface area contributed by atoms with Gasteiger partial charge in [-0.25, -0.2) is 0 Å². The third-order valence-electron chi connectivity index (χ3n) is 2.66. The van der Waals surface area contributed by atoms with E-state index in [1.165, 1.54) is 0 Å². The molecule has 1 aromatic rings. The number of hydrogen-bond donors (Lipinski definition) is 1. The van der Waals surface area contributed by atoms with Crippen LogP contribution in [0.5, 0.6) is 0 Å². The molecule has 0 heterocycles. The molecule has 0 saturated heterocycles. The van der Waals surface area contributed by atoms with Gasteiger partial charge in [-0.1, -0.05) is 26.8 Å². The molecule has 0 aliphatic carbocycles. The quantitative estimate of drug-likeness (QED) is 0.739. The van der Waals surface area contributed by atoms with Crippen molar-refractivity contribution in [3.05, 3.63) is 23.8 Å². The van der Waals surface area contributed by atoms with Crippen LogP contribution < -0.4 is 10.6 Å². The SMILES string of the molecule is CC(=O)N(C)c1cc(N)ccc1C(C)(C)C. The van der Waals surface area contributed by atoms with Gasteiger partial charge in [0.05, 0.1) is 0 Å². The van der Waals surface area contributed by atoms with Gasteiger partial charge in [-0.2, -0.15) is 0 Å². The minimum absolute atomic E-state index is 0.00720. The van der Waals surface area contributed by atoms with Gasteiger partial charge >= 0.3 is 0 Å². The average molecular weight is 220 g/mol. The van der Waals surface area contributed by atoms with E-state index in [0.29, 0.717) is 5.69 Å². The highest BCUT2D eigenvalue weighted by Gasteiger charge is 2.21. The molecule has 88 valence electrons. The number of nitrogens with two attached hydrogens (primary N) is 1. The maximum atomic E-state index is 11.4. The minimum Gasteiger partial charge on any atom is -0.399 e. The number of carbonyl (C=O) groups is 1. The van der Waals surface area contributed by atoms with E-state index < -0.39 is 0 Å². The second-order valence-electron chi connectivity index (χ2n) is 5.10. The number of anilines is 2. The molecule has 0 saturated carbocycles. The van der Waals surface area contributed by atoms with Crippen LogP contribution in [0.1, 0.15) is 33.3 Å². The van der Waals surface area contributed by atoms with E-state index in [1.807, 2.05) is 18.2 Å². The summed E-state index contributed by atoms with van der Waals surface area (Å²) in [6, 6.07) is 5.71. The molecular formula is C13H20N2O. The predicted octanol–water partition coefficient (Wildman–Crippen LogP) is 2.55. The highest BCUT2D eigenvalue weighted by Crippen LogP contribution is 2.33. The van der Waals surface area contributed by atoms with Crippen LogP contribution in [0.2, 0.25) is 0 Å². The molecule has 3 nitrogen and oxygen atoms in total. The Labute approximate surface area is 97.2 Å². The molecule has 0 unspecified atom stereocenters. The fourth-order valence-electron chi connectivity index (χ4n) is 1.63. The molecule has 0 radical (unpaired) electrons. The number of carbonyl (C=O) groups excluding carboxylic acids is 1. The maximum absolute atomic E-state index is 11.4. The monoisotopic (exact) mass is 220 g/mol. The largest absolute Gasteiger partial charge is 0.399 e. The van der Waals surface area contributed by atoms with Crippen LogP contribution >= 0.6 is 0 Å². The lowest BCUT2D eigenvalue weighted by Gasteiger charge is -2.27. The Morgan fingerprint density at radius 2 is 1.88 bits per heavy atom. The van der Waals surface area contributed by atoms with Crippen LogP contribution in [-0.4, -0.2) is 13.0 Å². The number of hydrogen-bond acceptors (Lipinski definition) is 2. The van der Waals surface area contributed by atoms with Crippen LogP contribution in [-0.2, 0) is 10.2 Å². The van der Waals surface area contributed by atoms with Crippen molar-refractivity contribution in [1.29, 1.82) is 0 Å². The molecule has 0 spiro atoms. The van der Waals surface area contributed by atoms with Crippen LogP contribution in [0.3, 0.4) is 0 Å². The normalized spacial score (nSPS) is 11.3. The van der Waals surface area contributed by atoms with Gasteiger partial charge in [0.15, 0.2) is 0 Å². The zero-order valence-corrected chi connectivity index (χ0v) is 10.7. The van der Waals surface area contributed by atoms with Crippen LogP contribution in [0.4, 0.5) is 11.4 Å². The van der Waals surface area contributed by atoms with Crippen LogP contribution in [0, 0.1) is 0 Å². The van der Waals surface area contributed by atoms with Crippen molar-refractivity contribution in [2.45, 2.75) is 33.1 Å². The van der Waals surface area contributed by atoms with Gasteiger partial charge in [-0.3, -0.25) is 4.79 Å². The topological polar surface area (TPSA) is 46.3 Å². The van der Waals surface area contributed by atoms with Gasteiger partial charge in [0, 0.05) is 25.3 Å². The van der Waals surface area contributed by atoms with Crippen molar-refractivity contribution in [2.24, 2.45) is 0 Å². The summed E-state index contributed by atoms with van der Waals surface area (Å²) < 4.78 is 0. The van der Waals surface area contributed by atoms with E-state index in [4.69, 9.17) is 5.73 Å². The van der Waals surface area contributed by atoms with E-state index in [2.05, 4.69) is 20.8 Å². The first kappa shape index (κ1) is 12.6. The molecule has 2 N–H and O–H groups in total. The molecule has 0 fully saturated rings. The van der Waals surface area contributed by atoms with E-state index in [-0.39, 0.29) is 11.3 Å². The van der Waals surface area contributed by atoms with E-state index in [9.17, 15) is 4.79 Å². The second-order valence-corrected chi connectivity index (χ2v) is 5.10. The first-order valence-electron chi connectivity index (χ1n) is 5.38. The highest BCUT2D eigenvalue weighted by atomic mass is 16.2. The Bertz CT molecular complexity index is 405. The van der Waals surface area contributed by atoms with Crippen LogP contribution in [0.25, 0.3) is 0 Å². The van der Waals surface area contributed by atoms with Gasteiger partial charge in [-0.05, 0) is 23.1 Å². The molecule has 1 rings (SSSR count). The van der Waals surface area contributed by atoms with Crippen molar-refractivity contribution < 1.29 is 4.79 Å². The van der Waals surface area contributed by atoms with Gasteiger partial charge in [0.25, 0.3) is 0 Å². The van der Waals surface area contributed by atoms with Gasteiger partial charge in [-0.15, -0.1) is 0 Å². The summed E-state index contributed by atoms with van der Waals surface area (Å²) in [6.07, 6.45) is 0. The Hall–Kier alpha value is -1.51. The summed E-state index contributed by atoms with van der Waals surface area (Å²) in [5, 5.41) is 0. The highest BCUT2D eigenvalue weighted by molar-refractivity contribution is 5.92. The first-order valence-corrected chi connectivity index (χ1v) is 5.38. The summed E-state index contributed by atoms with van der Waals surface area (Å²) >= 11 is 0. The van der Waals surface area contributed by atoms with Crippen molar-refractivity contribution in [3.8, 4) is 0 Å². The van der Waals surface area contributed by atoms with Crippen molar-refractivity contribution >= 4 is 17.3 Å². The summed E-state index contributed by atoms with van der Waals surface area (Å²) in [4.78, 5) is 13.1. The number of nitrogens with zero attached hydrogens (tertiary/aromatic N) is 1. The molecule has 0 atom stereocenters. The third-order valence-corrected chi connectivity index (χ3v) is 2.66. The second kappa shape index (κ2) is 4.16. The molecule has 0 aliphatic heterocycles. The van der Waals surface area contributed by atoms with E-state index in [0.717, 1.165) is 11.3 Å². The lowest BCUT2D eigenvalue weighted by molar-refractivity contribution is -0.116. The summed E-state index contributed by atoms with van der Waals surface area (Å²) in [5.74, 6) is 0.0103. The van der Waals surface area contributed by atoms with Gasteiger partial charge in [0.2, 0.25) is 5.91 Å². The average Bonchev–Trinajstić information content (AvgIpc) is 2.14. The molecule has 0 aliphatic rings. The first-order chi connectivity index (χ1) is 7.23. The Kier molecular flexibility index (Phi) is 3.27. The minimum atomic E-state index is -0.00720. The predicted molar refractivity (Wildman–Crippen MR) is 68.6 cm³/mol. The Morgan fingerprint density at radius 3 is 2.31 bits per heavy atom. The van der Waals surface area contributed by atoms with Gasteiger partial charge in [0.1, 0.15) is 0 Å². The lowest BCUT2D eigenvalue weighted by atomic mass is 9.85. The van der Waals surface area contributed by atoms with Crippen molar-refractivity contribution in [2.75, 3.05) is 17.7 Å². The lowest BCUT2D eigenvalue weighted by Crippen LogP contribution is -2.27. The molecule has 1 amide bonds. The third kappa shape index (κ3) is 2.54. The number of nitrogen functional groups attached to an aromatic ring is 1. The Morgan fingerprint density at radius 1 is 1.31 bits per heavy atom. The number of benzene rings is 1. The zero-order chi connectivity index (χ0) is 12.5. The van der Waals surface area contributed by atoms with E-state index >= 15 is 0 Å².